The number of sulfonamides is 1. The summed E-state index contributed by atoms with van der Waals surface area (Å²) in [6.07, 6.45) is 3.18. The third kappa shape index (κ3) is 3.43. The van der Waals surface area contributed by atoms with Crippen LogP contribution in [0.3, 0.4) is 0 Å². The van der Waals surface area contributed by atoms with E-state index in [1.807, 2.05) is 0 Å². The highest BCUT2D eigenvalue weighted by Gasteiger charge is 2.19. The van der Waals surface area contributed by atoms with Crippen molar-refractivity contribution in [3.63, 3.8) is 0 Å². The topological polar surface area (TPSA) is 63.2 Å². The number of halogens is 1. The van der Waals surface area contributed by atoms with Crippen molar-refractivity contribution in [3.8, 4) is 0 Å². The van der Waals surface area contributed by atoms with E-state index in [0.717, 1.165) is 5.52 Å². The molecule has 0 unspecified atom stereocenters. The zero-order valence-corrected chi connectivity index (χ0v) is 13.9. The van der Waals surface area contributed by atoms with Crippen LogP contribution in [0.4, 0.5) is 5.69 Å². The molecule has 0 spiro atoms. The van der Waals surface area contributed by atoms with Crippen LogP contribution in [0, 0.1) is 0 Å². The Morgan fingerprint density at radius 3 is 2.35 bits per heavy atom. The summed E-state index contributed by atoms with van der Waals surface area (Å²) in [7, 11) is -1.98. The molecule has 0 aliphatic rings. The minimum Gasteiger partial charge on any atom is -0.273 e. The lowest BCUT2D eigenvalue weighted by molar-refractivity contribution is 0.593. The highest BCUT2D eigenvalue weighted by molar-refractivity contribution is 7.92. The van der Waals surface area contributed by atoms with Crippen molar-refractivity contribution in [3.05, 3.63) is 65.4 Å². The van der Waals surface area contributed by atoms with Gasteiger partial charge in [-0.25, -0.2) is 8.42 Å². The summed E-state index contributed by atoms with van der Waals surface area (Å²) < 4.78 is 26.4. The van der Waals surface area contributed by atoms with Gasteiger partial charge in [-0.2, -0.15) is 0 Å². The predicted octanol–water partition coefficient (Wildman–Crippen LogP) is 3.25. The van der Waals surface area contributed by atoms with E-state index >= 15 is 0 Å². The van der Waals surface area contributed by atoms with Crippen LogP contribution in [0.15, 0.2) is 54.9 Å². The number of hydrogen-bond acceptors (Lipinski definition) is 4. The van der Waals surface area contributed by atoms with Gasteiger partial charge in [0.1, 0.15) is 0 Å². The molecule has 5 nitrogen and oxygen atoms in total. The van der Waals surface area contributed by atoms with E-state index in [1.165, 1.54) is 11.4 Å². The summed E-state index contributed by atoms with van der Waals surface area (Å²) in [4.78, 5) is 8.38. The van der Waals surface area contributed by atoms with Crippen molar-refractivity contribution in [2.24, 2.45) is 0 Å². The van der Waals surface area contributed by atoms with Crippen LogP contribution in [0.2, 0.25) is 5.02 Å². The number of anilines is 1. The van der Waals surface area contributed by atoms with Crippen molar-refractivity contribution in [2.45, 2.75) is 5.75 Å². The Bertz CT molecular complexity index is 943. The molecular weight excluding hydrogens is 334 g/mol. The lowest BCUT2D eigenvalue weighted by Crippen LogP contribution is -2.27. The molecule has 7 heteroatoms. The zero-order chi connectivity index (χ0) is 16.4. The molecule has 118 valence electrons. The van der Waals surface area contributed by atoms with E-state index in [4.69, 9.17) is 11.6 Å². The molecule has 23 heavy (non-hydrogen) atoms. The van der Waals surface area contributed by atoms with Gasteiger partial charge in [0.05, 0.1) is 22.5 Å². The van der Waals surface area contributed by atoms with Crippen LogP contribution in [-0.4, -0.2) is 25.4 Å². The summed E-state index contributed by atoms with van der Waals surface area (Å²) in [6, 6.07) is 12.0. The quantitative estimate of drug-likeness (QED) is 0.726. The number of hydrogen-bond donors (Lipinski definition) is 0. The molecule has 3 rings (SSSR count). The first-order valence-corrected chi connectivity index (χ1v) is 8.86. The Balaban J connectivity index is 1.90. The van der Waals surface area contributed by atoms with Crippen molar-refractivity contribution in [2.75, 3.05) is 11.4 Å². The molecule has 2 aromatic carbocycles. The standard InChI is InChI=1S/C16H14ClN3O2S/c1-20(14-6-7-15-16(10-14)19-9-8-18-15)23(21,22)11-12-2-4-13(17)5-3-12/h2-10H,11H2,1H3. The summed E-state index contributed by atoms with van der Waals surface area (Å²) in [5.74, 6) is -0.0980. The van der Waals surface area contributed by atoms with Crippen molar-refractivity contribution in [1.29, 1.82) is 0 Å². The van der Waals surface area contributed by atoms with Gasteiger partial charge in [-0.3, -0.25) is 14.3 Å². The van der Waals surface area contributed by atoms with Crippen molar-refractivity contribution >= 4 is 38.3 Å². The Morgan fingerprint density at radius 2 is 1.65 bits per heavy atom. The van der Waals surface area contributed by atoms with E-state index in [2.05, 4.69) is 9.97 Å². The second kappa shape index (κ2) is 6.14. The molecule has 0 bridgehead atoms. The maximum atomic E-state index is 12.6. The Labute approximate surface area is 139 Å². The average molecular weight is 348 g/mol. The first kappa shape index (κ1) is 15.7. The van der Waals surface area contributed by atoms with Gasteiger partial charge in [0.25, 0.3) is 0 Å². The van der Waals surface area contributed by atoms with Crippen LogP contribution in [0.1, 0.15) is 5.56 Å². The fourth-order valence-electron chi connectivity index (χ4n) is 2.20. The predicted molar refractivity (Wildman–Crippen MR) is 92.0 cm³/mol. The molecule has 1 aromatic heterocycles. The van der Waals surface area contributed by atoms with Crippen LogP contribution >= 0.6 is 11.6 Å². The third-order valence-electron chi connectivity index (χ3n) is 3.50. The highest BCUT2D eigenvalue weighted by atomic mass is 35.5. The summed E-state index contributed by atoms with van der Waals surface area (Å²) >= 11 is 5.82. The van der Waals surface area contributed by atoms with Gasteiger partial charge in [-0.05, 0) is 35.9 Å². The van der Waals surface area contributed by atoms with Crippen molar-refractivity contribution < 1.29 is 8.42 Å². The van der Waals surface area contributed by atoms with E-state index in [-0.39, 0.29) is 5.75 Å². The molecule has 1 heterocycles. The number of rotatable bonds is 4. The fourth-order valence-corrected chi connectivity index (χ4v) is 3.56. The molecule has 0 atom stereocenters. The summed E-state index contributed by atoms with van der Waals surface area (Å²) in [5, 5.41) is 0.576. The molecule has 3 aromatic rings. The number of benzene rings is 2. The Kier molecular flexibility index (Phi) is 4.19. The van der Waals surface area contributed by atoms with Crippen LogP contribution in [-0.2, 0) is 15.8 Å². The molecule has 0 radical (unpaired) electrons. The van der Waals surface area contributed by atoms with E-state index < -0.39 is 10.0 Å². The minimum absolute atomic E-state index is 0.0980. The molecule has 0 saturated carbocycles. The second-order valence-corrected chi connectivity index (χ2v) is 7.52. The molecule has 0 N–H and O–H groups in total. The fraction of sp³-hybridized carbons (Fsp3) is 0.125. The Morgan fingerprint density at radius 1 is 1.00 bits per heavy atom. The van der Waals surface area contributed by atoms with Gasteiger partial charge in [-0.1, -0.05) is 23.7 Å². The minimum atomic E-state index is -3.51. The largest absolute Gasteiger partial charge is 0.273 e. The number of nitrogens with zero attached hydrogens (tertiary/aromatic N) is 3. The maximum Gasteiger partial charge on any atom is 0.239 e. The number of aromatic nitrogens is 2. The van der Waals surface area contributed by atoms with Crippen LogP contribution in [0.25, 0.3) is 11.0 Å². The molecule has 0 fully saturated rings. The zero-order valence-electron chi connectivity index (χ0n) is 12.3. The lowest BCUT2D eigenvalue weighted by Gasteiger charge is -2.19. The smallest absolute Gasteiger partial charge is 0.239 e. The van der Waals surface area contributed by atoms with Gasteiger partial charge in [0.15, 0.2) is 0 Å². The van der Waals surface area contributed by atoms with Crippen LogP contribution in [0.5, 0.6) is 0 Å². The second-order valence-electron chi connectivity index (χ2n) is 5.08. The third-order valence-corrected chi connectivity index (χ3v) is 5.49. The monoisotopic (exact) mass is 347 g/mol. The normalized spacial score (nSPS) is 11.6. The molecule has 0 aliphatic heterocycles. The van der Waals surface area contributed by atoms with E-state index in [0.29, 0.717) is 21.8 Å². The SMILES string of the molecule is CN(c1ccc2nccnc2c1)S(=O)(=O)Cc1ccc(Cl)cc1. The van der Waals surface area contributed by atoms with Crippen molar-refractivity contribution in [1.82, 2.24) is 9.97 Å². The van der Waals surface area contributed by atoms with Crippen LogP contribution < -0.4 is 4.31 Å². The van der Waals surface area contributed by atoms with Gasteiger partial charge in [0, 0.05) is 24.5 Å². The summed E-state index contributed by atoms with van der Waals surface area (Å²) in [5.41, 5.74) is 2.60. The van der Waals surface area contributed by atoms with Gasteiger partial charge >= 0.3 is 0 Å². The molecule has 0 saturated heterocycles. The van der Waals surface area contributed by atoms with Gasteiger partial charge in [0.2, 0.25) is 10.0 Å². The van der Waals surface area contributed by atoms with Gasteiger partial charge < -0.3 is 0 Å². The molecule has 0 aliphatic carbocycles. The number of fused-ring (bicyclic) bond motifs is 1. The first-order valence-electron chi connectivity index (χ1n) is 6.87. The molecular formula is C16H14ClN3O2S. The van der Waals surface area contributed by atoms with E-state index in [9.17, 15) is 8.42 Å². The summed E-state index contributed by atoms with van der Waals surface area (Å²) in [6.45, 7) is 0. The Hall–Kier alpha value is -2.18. The van der Waals surface area contributed by atoms with Gasteiger partial charge in [-0.15, -0.1) is 0 Å². The first-order chi connectivity index (χ1) is 11.0. The highest BCUT2D eigenvalue weighted by Crippen LogP contribution is 2.22. The average Bonchev–Trinajstić information content (AvgIpc) is 2.55. The maximum absolute atomic E-state index is 12.6. The molecule has 0 amide bonds. The lowest BCUT2D eigenvalue weighted by atomic mass is 10.2. The van der Waals surface area contributed by atoms with E-state index in [1.54, 1.807) is 54.9 Å².